The summed E-state index contributed by atoms with van der Waals surface area (Å²) in [6.07, 6.45) is 16.7. The van der Waals surface area contributed by atoms with E-state index in [4.69, 9.17) is 4.74 Å². The molecular weight excluding hydrogens is 372 g/mol. The normalized spacial score (nSPS) is 29.4. The summed E-state index contributed by atoms with van der Waals surface area (Å²) in [5.41, 5.74) is 3.71. The van der Waals surface area contributed by atoms with Gasteiger partial charge in [-0.1, -0.05) is 39.0 Å². The number of carbonyl (C=O) groups is 1. The topological polar surface area (TPSA) is 50.7 Å². The molecule has 4 bridgehead atoms. The van der Waals surface area contributed by atoms with Crippen molar-refractivity contribution in [3.63, 3.8) is 0 Å². The zero-order valence-corrected chi connectivity index (χ0v) is 18.6. The van der Waals surface area contributed by atoms with Crippen molar-refractivity contribution in [1.82, 2.24) is 5.43 Å². The van der Waals surface area contributed by atoms with Gasteiger partial charge >= 0.3 is 0 Å². The monoisotopic (exact) mass is 410 g/mol. The molecule has 30 heavy (non-hydrogen) atoms. The molecule has 0 saturated heterocycles. The van der Waals surface area contributed by atoms with Crippen LogP contribution in [-0.2, 0) is 4.79 Å². The summed E-state index contributed by atoms with van der Waals surface area (Å²) in [5.74, 6) is 3.37. The first-order chi connectivity index (χ1) is 14.7. The van der Waals surface area contributed by atoms with Gasteiger partial charge in [0.2, 0.25) is 5.91 Å². The molecule has 0 atom stereocenters. The molecule has 1 aromatic rings. The van der Waals surface area contributed by atoms with E-state index in [2.05, 4.69) is 17.5 Å². The SMILES string of the molecule is CCCCCCCCOc1ccc(/C=N/NC(=O)C23CC4CC(CC(C4)C2)C3)cc1. The maximum atomic E-state index is 12.9. The fraction of sp³-hybridized carbons (Fsp3) is 0.692. The molecule has 4 saturated carbocycles. The number of benzene rings is 1. The maximum absolute atomic E-state index is 12.9. The van der Waals surface area contributed by atoms with Gasteiger partial charge in [0, 0.05) is 0 Å². The first-order valence-corrected chi connectivity index (χ1v) is 12.2. The van der Waals surface area contributed by atoms with Gasteiger partial charge in [-0.05, 0) is 92.5 Å². The largest absolute Gasteiger partial charge is 0.494 e. The number of carbonyl (C=O) groups excluding carboxylic acids is 1. The molecular formula is C26H38N2O2. The Morgan fingerprint density at radius 3 is 2.23 bits per heavy atom. The van der Waals surface area contributed by atoms with Crippen LogP contribution in [0.25, 0.3) is 0 Å². The molecule has 1 amide bonds. The van der Waals surface area contributed by atoms with Gasteiger partial charge in [-0.3, -0.25) is 4.79 Å². The lowest BCUT2D eigenvalue weighted by atomic mass is 9.49. The van der Waals surface area contributed by atoms with Crippen LogP contribution in [0.3, 0.4) is 0 Å². The molecule has 1 N–H and O–H groups in total. The Morgan fingerprint density at radius 1 is 1.00 bits per heavy atom. The average molecular weight is 411 g/mol. The van der Waals surface area contributed by atoms with E-state index < -0.39 is 0 Å². The molecule has 4 aliphatic carbocycles. The van der Waals surface area contributed by atoms with Crippen molar-refractivity contribution in [3.8, 4) is 5.75 Å². The molecule has 0 radical (unpaired) electrons. The highest BCUT2D eigenvalue weighted by atomic mass is 16.5. The number of hydrazone groups is 1. The van der Waals surface area contributed by atoms with E-state index >= 15 is 0 Å². The van der Waals surface area contributed by atoms with Crippen molar-refractivity contribution in [3.05, 3.63) is 29.8 Å². The molecule has 4 aliphatic rings. The number of hydrogen-bond acceptors (Lipinski definition) is 3. The number of amides is 1. The van der Waals surface area contributed by atoms with E-state index in [1.54, 1.807) is 6.21 Å². The van der Waals surface area contributed by atoms with Gasteiger partial charge in [0.15, 0.2) is 0 Å². The van der Waals surface area contributed by atoms with Crippen LogP contribution >= 0.6 is 0 Å². The van der Waals surface area contributed by atoms with Crippen molar-refractivity contribution in [2.24, 2.45) is 28.3 Å². The third-order valence-electron chi connectivity index (χ3n) is 7.55. The zero-order chi connectivity index (χ0) is 20.8. The van der Waals surface area contributed by atoms with E-state index in [0.717, 1.165) is 61.4 Å². The minimum Gasteiger partial charge on any atom is -0.494 e. The highest BCUT2D eigenvalue weighted by Gasteiger charge is 2.54. The number of nitrogens with one attached hydrogen (secondary N) is 1. The summed E-state index contributed by atoms with van der Waals surface area (Å²) in [5, 5.41) is 4.27. The Kier molecular flexibility index (Phi) is 7.12. The molecule has 1 aromatic carbocycles. The van der Waals surface area contributed by atoms with E-state index in [1.807, 2.05) is 24.3 Å². The van der Waals surface area contributed by atoms with E-state index in [0.29, 0.717) is 0 Å². The summed E-state index contributed by atoms with van der Waals surface area (Å²) >= 11 is 0. The predicted octanol–water partition coefficient (Wildman–Crippen LogP) is 6.09. The molecule has 0 heterocycles. The lowest BCUT2D eigenvalue weighted by molar-refractivity contribution is -0.146. The average Bonchev–Trinajstić information content (AvgIpc) is 2.73. The smallest absolute Gasteiger partial charge is 0.246 e. The Bertz CT molecular complexity index is 690. The van der Waals surface area contributed by atoms with Crippen molar-refractivity contribution < 1.29 is 9.53 Å². The second kappa shape index (κ2) is 9.98. The minimum absolute atomic E-state index is 0.139. The molecule has 0 spiro atoms. The van der Waals surface area contributed by atoms with Crippen LogP contribution in [0.4, 0.5) is 0 Å². The Morgan fingerprint density at radius 2 is 1.60 bits per heavy atom. The quantitative estimate of drug-likeness (QED) is 0.272. The summed E-state index contributed by atoms with van der Waals surface area (Å²) in [7, 11) is 0. The van der Waals surface area contributed by atoms with Gasteiger partial charge in [0.1, 0.15) is 5.75 Å². The highest BCUT2D eigenvalue weighted by Crippen LogP contribution is 2.60. The Labute approximate surface area is 181 Å². The fourth-order valence-electron chi connectivity index (χ4n) is 6.40. The first kappa shape index (κ1) is 21.4. The Balaban J connectivity index is 1.19. The van der Waals surface area contributed by atoms with Gasteiger partial charge in [0.25, 0.3) is 0 Å². The van der Waals surface area contributed by atoms with Crippen molar-refractivity contribution in [1.29, 1.82) is 0 Å². The van der Waals surface area contributed by atoms with Crippen LogP contribution < -0.4 is 10.2 Å². The van der Waals surface area contributed by atoms with Gasteiger partial charge in [-0.2, -0.15) is 5.10 Å². The fourth-order valence-corrected chi connectivity index (χ4v) is 6.40. The third-order valence-corrected chi connectivity index (χ3v) is 7.55. The second-order valence-electron chi connectivity index (χ2n) is 10.1. The highest BCUT2D eigenvalue weighted by molar-refractivity contribution is 5.85. The zero-order valence-electron chi connectivity index (χ0n) is 18.6. The van der Waals surface area contributed by atoms with Gasteiger partial charge in [0.05, 0.1) is 18.2 Å². The van der Waals surface area contributed by atoms with Crippen LogP contribution in [0.5, 0.6) is 5.75 Å². The van der Waals surface area contributed by atoms with Crippen LogP contribution in [0.2, 0.25) is 0 Å². The van der Waals surface area contributed by atoms with E-state index in [-0.39, 0.29) is 11.3 Å². The molecule has 4 fully saturated rings. The number of unbranched alkanes of at least 4 members (excludes halogenated alkanes) is 5. The summed E-state index contributed by atoms with van der Waals surface area (Å²) in [6.45, 7) is 3.02. The van der Waals surface area contributed by atoms with Gasteiger partial charge in [-0.15, -0.1) is 0 Å². The summed E-state index contributed by atoms with van der Waals surface area (Å²) in [4.78, 5) is 12.9. The lowest BCUT2D eigenvalue weighted by Crippen LogP contribution is -2.52. The number of hydrogen-bond donors (Lipinski definition) is 1. The number of rotatable bonds is 11. The van der Waals surface area contributed by atoms with Gasteiger partial charge in [-0.25, -0.2) is 5.43 Å². The molecule has 164 valence electrons. The predicted molar refractivity (Wildman–Crippen MR) is 122 cm³/mol. The standard InChI is InChI=1S/C26H38N2O2/c1-2-3-4-5-6-7-12-30-24-10-8-20(9-11-24)19-27-28-25(29)26-16-21-13-22(17-26)15-23(14-21)18-26/h8-11,19,21-23H,2-7,12-18H2,1H3,(H,28,29)/b27-19+. The molecule has 0 aromatic heterocycles. The number of ether oxygens (including phenoxy) is 1. The van der Waals surface area contributed by atoms with Gasteiger partial charge < -0.3 is 4.74 Å². The van der Waals surface area contributed by atoms with E-state index in [9.17, 15) is 4.79 Å². The number of nitrogens with zero attached hydrogens (tertiary/aromatic N) is 1. The summed E-state index contributed by atoms with van der Waals surface area (Å²) < 4.78 is 5.83. The molecule has 0 unspecified atom stereocenters. The van der Waals surface area contributed by atoms with Crippen molar-refractivity contribution in [2.75, 3.05) is 6.61 Å². The third kappa shape index (κ3) is 5.25. The van der Waals surface area contributed by atoms with Crippen molar-refractivity contribution in [2.45, 2.75) is 84.0 Å². The van der Waals surface area contributed by atoms with Crippen LogP contribution in [0.1, 0.15) is 89.5 Å². The van der Waals surface area contributed by atoms with Crippen LogP contribution in [0, 0.1) is 23.2 Å². The summed E-state index contributed by atoms with van der Waals surface area (Å²) in [6, 6.07) is 7.96. The first-order valence-electron chi connectivity index (χ1n) is 12.2. The molecule has 4 nitrogen and oxygen atoms in total. The van der Waals surface area contributed by atoms with Crippen molar-refractivity contribution >= 4 is 12.1 Å². The molecule has 0 aliphatic heterocycles. The van der Waals surface area contributed by atoms with Crippen LogP contribution in [0.15, 0.2) is 29.4 Å². The lowest BCUT2D eigenvalue weighted by Gasteiger charge is -2.55. The second-order valence-corrected chi connectivity index (χ2v) is 10.1. The van der Waals surface area contributed by atoms with E-state index in [1.165, 1.54) is 51.4 Å². The molecule has 4 heteroatoms. The minimum atomic E-state index is -0.139. The Hall–Kier alpha value is -1.84. The van der Waals surface area contributed by atoms with Crippen LogP contribution in [-0.4, -0.2) is 18.7 Å². The maximum Gasteiger partial charge on any atom is 0.246 e. The molecule has 5 rings (SSSR count).